The summed E-state index contributed by atoms with van der Waals surface area (Å²) in [4.78, 5) is 0. The van der Waals surface area contributed by atoms with Gasteiger partial charge in [-0.25, -0.2) is 0 Å². The minimum absolute atomic E-state index is 1.18. The molecular weight excluding hydrogens is 252 g/mol. The highest BCUT2D eigenvalue weighted by atomic mass is 79.9. The maximum atomic E-state index is 3.40. The predicted octanol–water partition coefficient (Wildman–Crippen LogP) is 3.58. The molecule has 0 radical (unpaired) electrons. The van der Waals surface area contributed by atoms with Crippen molar-refractivity contribution in [3.05, 3.63) is 19.2 Å². The lowest BCUT2D eigenvalue weighted by molar-refractivity contribution is 1.52. The first-order valence-corrected chi connectivity index (χ1v) is 4.52. The van der Waals surface area contributed by atoms with Gasteiger partial charge in [0.2, 0.25) is 0 Å². The summed E-state index contributed by atoms with van der Waals surface area (Å²) < 4.78 is 2.39. The highest BCUT2D eigenvalue weighted by Gasteiger charge is 1.96. The van der Waals surface area contributed by atoms with Crippen molar-refractivity contribution in [1.82, 2.24) is 0 Å². The second kappa shape index (κ2) is 2.50. The Morgan fingerprint density at radius 1 is 1.50 bits per heavy atom. The van der Waals surface area contributed by atoms with E-state index in [0.29, 0.717) is 0 Å². The third-order valence-electron chi connectivity index (χ3n) is 0.827. The maximum absolute atomic E-state index is 3.40. The third-order valence-corrected chi connectivity index (χ3v) is 3.47. The first-order valence-electron chi connectivity index (χ1n) is 2.11. The van der Waals surface area contributed by atoms with Crippen LogP contribution in [-0.4, -0.2) is 0 Å². The Bertz CT molecular complexity index is 173. The van der Waals surface area contributed by atoms with Crippen LogP contribution in [-0.2, 0) is 0 Å². The summed E-state index contributed by atoms with van der Waals surface area (Å²) in [5.74, 6) is 0. The smallest absolute Gasteiger partial charge is 0.0739 e. The van der Waals surface area contributed by atoms with Crippen molar-refractivity contribution in [3.8, 4) is 0 Å². The number of aryl methyl sites for hydroxylation is 1. The fourth-order valence-electron chi connectivity index (χ4n) is 0.423. The van der Waals surface area contributed by atoms with E-state index in [9.17, 15) is 0 Å². The van der Waals surface area contributed by atoms with Crippen molar-refractivity contribution in [1.29, 1.82) is 0 Å². The third kappa shape index (κ3) is 1.33. The molecule has 1 aromatic heterocycles. The number of thiophene rings is 1. The normalized spacial score (nSPS) is 9.88. The second-order valence-corrected chi connectivity index (χ2v) is 5.26. The highest BCUT2D eigenvalue weighted by Crippen LogP contribution is 2.30. The number of hydrogen-bond donors (Lipinski definition) is 0. The van der Waals surface area contributed by atoms with Gasteiger partial charge in [-0.3, -0.25) is 0 Å². The molecule has 1 rings (SSSR count). The predicted molar refractivity (Wildman–Crippen MR) is 44.5 cm³/mol. The molecule has 44 valence electrons. The SMILES string of the molecule is Cc1cc(Br)sc1Br. The van der Waals surface area contributed by atoms with E-state index in [1.165, 1.54) is 13.1 Å². The topological polar surface area (TPSA) is 0 Å². The maximum Gasteiger partial charge on any atom is 0.0739 e. The van der Waals surface area contributed by atoms with Crippen LogP contribution in [0.2, 0.25) is 0 Å². The van der Waals surface area contributed by atoms with Gasteiger partial charge in [0.1, 0.15) is 0 Å². The molecule has 1 aromatic rings. The van der Waals surface area contributed by atoms with Crippen LogP contribution in [0.5, 0.6) is 0 Å². The average molecular weight is 256 g/mol. The molecule has 0 aliphatic carbocycles. The highest BCUT2D eigenvalue weighted by molar-refractivity contribution is 9.12. The Morgan fingerprint density at radius 2 is 2.12 bits per heavy atom. The summed E-state index contributed by atoms with van der Waals surface area (Å²) >= 11 is 8.48. The largest absolute Gasteiger partial charge is 0.121 e. The fourth-order valence-corrected chi connectivity index (χ4v) is 3.17. The van der Waals surface area contributed by atoms with Crippen LogP contribution in [0, 0.1) is 6.92 Å². The van der Waals surface area contributed by atoms with Gasteiger partial charge in [0.15, 0.2) is 0 Å². The van der Waals surface area contributed by atoms with Crippen molar-refractivity contribution in [2.24, 2.45) is 0 Å². The van der Waals surface area contributed by atoms with Crippen molar-refractivity contribution in [2.75, 3.05) is 0 Å². The summed E-state index contributed by atoms with van der Waals surface area (Å²) in [6.45, 7) is 2.07. The Morgan fingerprint density at radius 3 is 2.25 bits per heavy atom. The van der Waals surface area contributed by atoms with Crippen LogP contribution in [0.25, 0.3) is 0 Å². The lowest BCUT2D eigenvalue weighted by Gasteiger charge is -1.77. The molecule has 3 heteroatoms. The standard InChI is InChI=1S/C5H4Br2S/c1-3-2-4(6)8-5(3)7/h2H,1H3. The van der Waals surface area contributed by atoms with Crippen molar-refractivity contribution < 1.29 is 0 Å². The van der Waals surface area contributed by atoms with Gasteiger partial charge in [0.05, 0.1) is 7.57 Å². The van der Waals surface area contributed by atoms with Gasteiger partial charge in [-0.2, -0.15) is 0 Å². The molecule has 0 unspecified atom stereocenters. The first kappa shape index (κ1) is 6.78. The number of rotatable bonds is 0. The zero-order valence-electron chi connectivity index (χ0n) is 4.24. The fraction of sp³-hybridized carbons (Fsp3) is 0.200. The molecule has 0 aromatic carbocycles. The molecule has 8 heavy (non-hydrogen) atoms. The van der Waals surface area contributed by atoms with Crippen molar-refractivity contribution in [2.45, 2.75) is 6.92 Å². The summed E-state index contributed by atoms with van der Waals surface area (Å²) in [7, 11) is 0. The average Bonchev–Trinajstić information content (AvgIpc) is 1.85. The Balaban J connectivity index is 3.14. The van der Waals surface area contributed by atoms with E-state index in [0.717, 1.165) is 0 Å². The quantitative estimate of drug-likeness (QED) is 0.665. The van der Waals surface area contributed by atoms with E-state index in [1.807, 2.05) is 0 Å². The molecule has 0 saturated carbocycles. The van der Waals surface area contributed by atoms with Crippen LogP contribution in [0.15, 0.2) is 13.6 Å². The van der Waals surface area contributed by atoms with Crippen molar-refractivity contribution >= 4 is 43.2 Å². The van der Waals surface area contributed by atoms with Crippen LogP contribution in [0.4, 0.5) is 0 Å². The lowest BCUT2D eigenvalue weighted by atomic mass is 10.4. The van der Waals surface area contributed by atoms with E-state index >= 15 is 0 Å². The zero-order valence-corrected chi connectivity index (χ0v) is 8.23. The van der Waals surface area contributed by atoms with Crippen LogP contribution in [0.3, 0.4) is 0 Å². The van der Waals surface area contributed by atoms with Gasteiger partial charge < -0.3 is 0 Å². The van der Waals surface area contributed by atoms with E-state index < -0.39 is 0 Å². The number of hydrogen-bond acceptors (Lipinski definition) is 1. The minimum atomic E-state index is 1.18. The lowest BCUT2D eigenvalue weighted by Crippen LogP contribution is -1.55. The Hall–Kier alpha value is 0.660. The van der Waals surface area contributed by atoms with Crippen LogP contribution in [0.1, 0.15) is 5.56 Å². The number of halogens is 2. The van der Waals surface area contributed by atoms with Gasteiger partial charge in [-0.1, -0.05) is 0 Å². The molecule has 0 spiro atoms. The van der Waals surface area contributed by atoms with Gasteiger partial charge in [-0.15, -0.1) is 11.3 Å². The molecule has 0 N–H and O–H groups in total. The van der Waals surface area contributed by atoms with Crippen molar-refractivity contribution in [3.63, 3.8) is 0 Å². The molecule has 1 heterocycles. The van der Waals surface area contributed by atoms with Gasteiger partial charge >= 0.3 is 0 Å². The summed E-state index contributed by atoms with van der Waals surface area (Å²) in [6.07, 6.45) is 0. The van der Waals surface area contributed by atoms with E-state index in [2.05, 4.69) is 44.8 Å². The van der Waals surface area contributed by atoms with E-state index in [4.69, 9.17) is 0 Å². The van der Waals surface area contributed by atoms with Crippen LogP contribution >= 0.6 is 43.2 Å². The summed E-state index contributed by atoms with van der Waals surface area (Å²) in [5, 5.41) is 0. The summed E-state index contributed by atoms with van der Waals surface area (Å²) in [6, 6.07) is 2.09. The van der Waals surface area contributed by atoms with Crippen LogP contribution < -0.4 is 0 Å². The van der Waals surface area contributed by atoms with Gasteiger partial charge in [-0.05, 0) is 50.4 Å². The van der Waals surface area contributed by atoms with Gasteiger partial charge in [0.25, 0.3) is 0 Å². The first-order chi connectivity index (χ1) is 3.70. The molecule has 0 aliphatic rings. The molecule has 0 atom stereocenters. The molecule has 0 saturated heterocycles. The Kier molecular flexibility index (Phi) is 2.12. The molecule has 0 aliphatic heterocycles. The van der Waals surface area contributed by atoms with Gasteiger partial charge in [0, 0.05) is 0 Å². The molecule has 0 bridgehead atoms. The molecule has 0 fully saturated rings. The molecule has 0 amide bonds. The summed E-state index contributed by atoms with van der Waals surface area (Å²) in [5.41, 5.74) is 1.29. The van der Waals surface area contributed by atoms with E-state index in [1.54, 1.807) is 11.3 Å². The molecular formula is C5H4Br2S. The minimum Gasteiger partial charge on any atom is -0.121 e. The van der Waals surface area contributed by atoms with E-state index in [-0.39, 0.29) is 0 Å². The zero-order chi connectivity index (χ0) is 6.15. The molecule has 0 nitrogen and oxygen atoms in total. The monoisotopic (exact) mass is 254 g/mol. The second-order valence-electron chi connectivity index (χ2n) is 1.51. The Labute approximate surface area is 69.2 Å².